The highest BCUT2D eigenvalue weighted by Crippen LogP contribution is 2.63. The van der Waals surface area contributed by atoms with E-state index in [9.17, 15) is 15.3 Å². The van der Waals surface area contributed by atoms with Gasteiger partial charge in [-0.2, -0.15) is 0 Å². The summed E-state index contributed by atoms with van der Waals surface area (Å²) >= 11 is 0. The fourth-order valence-corrected chi connectivity index (χ4v) is 5.68. The van der Waals surface area contributed by atoms with E-state index < -0.39 is 17.8 Å². The lowest BCUT2D eigenvalue weighted by Crippen LogP contribution is -2.51. The van der Waals surface area contributed by atoms with Gasteiger partial charge in [0.1, 0.15) is 6.10 Å². The van der Waals surface area contributed by atoms with Gasteiger partial charge in [-0.15, -0.1) is 0 Å². The minimum Gasteiger partial charge on any atom is -0.504 e. The second-order valence-electron chi connectivity index (χ2n) is 8.98. The summed E-state index contributed by atoms with van der Waals surface area (Å²) in [6.45, 7) is 8.40. The molecule has 2 heterocycles. The van der Waals surface area contributed by atoms with Crippen molar-refractivity contribution in [2.45, 2.75) is 77.1 Å². The van der Waals surface area contributed by atoms with Gasteiger partial charge in [-0.05, 0) is 35.8 Å². The maximum absolute atomic E-state index is 11.1. The zero-order valence-electron chi connectivity index (χ0n) is 15.0. The molecular formula is C20H28O4. The van der Waals surface area contributed by atoms with Gasteiger partial charge in [-0.1, -0.05) is 34.1 Å². The molecular weight excluding hydrogens is 304 g/mol. The minimum absolute atomic E-state index is 0.00695. The Hall–Kier alpha value is -1.26. The number of aromatic hydroxyl groups is 2. The summed E-state index contributed by atoms with van der Waals surface area (Å²) in [6, 6.07) is 1.93. The van der Waals surface area contributed by atoms with Crippen molar-refractivity contribution in [1.29, 1.82) is 0 Å². The van der Waals surface area contributed by atoms with E-state index in [2.05, 4.69) is 13.8 Å². The van der Waals surface area contributed by atoms with Gasteiger partial charge in [0.25, 0.3) is 0 Å². The standard InChI is InChI=1S/C20H28O4/c1-10(2)11-8-12-13(15(22)14(11)21)9-20-7-5-6-19(3,4)18(20)16(23)17(12)24-20/h8,10,16-18,21-23H,5-7,9H2,1-4H3/t16-,17+,18-,20-/m0/s1. The van der Waals surface area contributed by atoms with Gasteiger partial charge >= 0.3 is 0 Å². The average molecular weight is 332 g/mol. The second kappa shape index (κ2) is 4.89. The van der Waals surface area contributed by atoms with Crippen molar-refractivity contribution in [3.8, 4) is 11.5 Å². The van der Waals surface area contributed by atoms with Crippen LogP contribution in [0, 0.1) is 11.3 Å². The van der Waals surface area contributed by atoms with Crippen LogP contribution in [0.2, 0.25) is 0 Å². The van der Waals surface area contributed by atoms with Crippen LogP contribution >= 0.6 is 0 Å². The molecule has 4 atom stereocenters. The van der Waals surface area contributed by atoms with Crippen LogP contribution in [0.1, 0.15) is 75.7 Å². The number of ether oxygens (including phenoxy) is 1. The van der Waals surface area contributed by atoms with E-state index in [-0.39, 0.29) is 28.7 Å². The molecule has 0 unspecified atom stereocenters. The van der Waals surface area contributed by atoms with Gasteiger partial charge in [0, 0.05) is 23.5 Å². The molecule has 0 amide bonds. The molecule has 2 aliphatic heterocycles. The fourth-order valence-electron chi connectivity index (χ4n) is 5.68. The number of fused-ring (bicyclic) bond motifs is 3. The van der Waals surface area contributed by atoms with Gasteiger partial charge < -0.3 is 20.1 Å². The lowest BCUT2D eigenvalue weighted by Gasteiger charge is -2.49. The average Bonchev–Trinajstić information content (AvgIpc) is 2.73. The second-order valence-corrected chi connectivity index (χ2v) is 8.98. The van der Waals surface area contributed by atoms with E-state index in [1.807, 2.05) is 19.9 Å². The summed E-state index contributed by atoms with van der Waals surface area (Å²) in [7, 11) is 0. The molecule has 0 aromatic heterocycles. The van der Waals surface area contributed by atoms with Crippen LogP contribution in [0.3, 0.4) is 0 Å². The Morgan fingerprint density at radius 3 is 2.54 bits per heavy atom. The summed E-state index contributed by atoms with van der Waals surface area (Å²) in [5, 5.41) is 32.2. The van der Waals surface area contributed by atoms with E-state index >= 15 is 0 Å². The fraction of sp³-hybridized carbons (Fsp3) is 0.700. The third-order valence-electron chi connectivity index (χ3n) is 6.69. The zero-order chi connectivity index (χ0) is 17.4. The number of aliphatic hydroxyl groups excluding tert-OH is 1. The Balaban J connectivity index is 1.90. The Morgan fingerprint density at radius 1 is 1.17 bits per heavy atom. The molecule has 132 valence electrons. The number of phenols is 2. The predicted molar refractivity (Wildman–Crippen MR) is 91.3 cm³/mol. The summed E-state index contributed by atoms with van der Waals surface area (Å²) in [5.41, 5.74) is 1.94. The highest BCUT2D eigenvalue weighted by molar-refractivity contribution is 5.58. The van der Waals surface area contributed by atoms with Crippen LogP contribution < -0.4 is 0 Å². The molecule has 1 saturated carbocycles. The zero-order valence-corrected chi connectivity index (χ0v) is 15.0. The molecule has 0 radical (unpaired) electrons. The summed E-state index contributed by atoms with van der Waals surface area (Å²) < 4.78 is 6.45. The number of benzene rings is 1. The largest absolute Gasteiger partial charge is 0.504 e. The van der Waals surface area contributed by atoms with Crippen LogP contribution in [0.4, 0.5) is 0 Å². The maximum Gasteiger partial charge on any atom is 0.161 e. The van der Waals surface area contributed by atoms with Gasteiger partial charge in [-0.3, -0.25) is 0 Å². The molecule has 1 saturated heterocycles. The first kappa shape index (κ1) is 16.2. The van der Waals surface area contributed by atoms with E-state index in [4.69, 9.17) is 4.74 Å². The molecule has 24 heavy (non-hydrogen) atoms. The normalized spacial score (nSPS) is 36.5. The molecule has 2 fully saturated rings. The van der Waals surface area contributed by atoms with Gasteiger partial charge in [0.15, 0.2) is 11.5 Å². The van der Waals surface area contributed by atoms with Crippen molar-refractivity contribution in [3.05, 3.63) is 22.8 Å². The van der Waals surface area contributed by atoms with Crippen molar-refractivity contribution < 1.29 is 20.1 Å². The number of phenolic OH excluding ortho intramolecular Hbond substituents is 2. The Bertz CT molecular complexity index is 693. The summed E-state index contributed by atoms with van der Waals surface area (Å²) in [4.78, 5) is 0. The Morgan fingerprint density at radius 2 is 1.88 bits per heavy atom. The van der Waals surface area contributed by atoms with E-state index in [1.54, 1.807) is 0 Å². The van der Waals surface area contributed by atoms with Gasteiger partial charge in [0.2, 0.25) is 0 Å². The topological polar surface area (TPSA) is 69.9 Å². The van der Waals surface area contributed by atoms with Crippen LogP contribution in [0.15, 0.2) is 6.07 Å². The molecule has 3 N–H and O–H groups in total. The first-order chi connectivity index (χ1) is 11.2. The van der Waals surface area contributed by atoms with Crippen molar-refractivity contribution in [2.24, 2.45) is 11.3 Å². The molecule has 1 aromatic rings. The number of hydrogen-bond acceptors (Lipinski definition) is 4. The van der Waals surface area contributed by atoms with Crippen LogP contribution in [-0.4, -0.2) is 27.0 Å². The predicted octanol–water partition coefficient (Wildman–Crippen LogP) is 3.77. The minimum atomic E-state index is -0.564. The molecule has 3 aliphatic rings. The molecule has 4 heteroatoms. The van der Waals surface area contributed by atoms with Crippen LogP contribution in [0.25, 0.3) is 0 Å². The highest BCUT2D eigenvalue weighted by Gasteiger charge is 2.64. The molecule has 1 aliphatic carbocycles. The SMILES string of the molecule is CC(C)c1cc2c(c(O)c1O)C[C@@]13CCCC(C)(C)[C@@H]1[C@@H](O)[C@@H]2O3. The molecule has 1 spiro atoms. The lowest BCUT2D eigenvalue weighted by molar-refractivity contribution is -0.114. The Kier molecular flexibility index (Phi) is 3.30. The third-order valence-corrected chi connectivity index (χ3v) is 6.69. The molecule has 4 rings (SSSR count). The van der Waals surface area contributed by atoms with Crippen LogP contribution in [-0.2, 0) is 11.2 Å². The van der Waals surface area contributed by atoms with Crippen molar-refractivity contribution >= 4 is 0 Å². The van der Waals surface area contributed by atoms with E-state index in [0.717, 1.165) is 30.4 Å². The monoisotopic (exact) mass is 332 g/mol. The van der Waals surface area contributed by atoms with Crippen molar-refractivity contribution in [1.82, 2.24) is 0 Å². The summed E-state index contributed by atoms with van der Waals surface area (Å²) in [5.74, 6) is 0.122. The van der Waals surface area contributed by atoms with E-state index in [0.29, 0.717) is 12.0 Å². The smallest absolute Gasteiger partial charge is 0.161 e. The number of rotatable bonds is 1. The molecule has 1 aromatic carbocycles. The lowest BCUT2D eigenvalue weighted by atomic mass is 9.59. The quantitative estimate of drug-likeness (QED) is 0.685. The van der Waals surface area contributed by atoms with Crippen molar-refractivity contribution in [2.75, 3.05) is 0 Å². The van der Waals surface area contributed by atoms with Gasteiger partial charge in [-0.25, -0.2) is 0 Å². The van der Waals surface area contributed by atoms with Crippen molar-refractivity contribution in [3.63, 3.8) is 0 Å². The van der Waals surface area contributed by atoms with Gasteiger partial charge in [0.05, 0.1) is 11.7 Å². The molecule has 2 bridgehead atoms. The Labute approximate surface area is 143 Å². The first-order valence-corrected chi connectivity index (χ1v) is 9.11. The first-order valence-electron chi connectivity index (χ1n) is 9.11. The molecule has 4 nitrogen and oxygen atoms in total. The maximum atomic E-state index is 11.1. The van der Waals surface area contributed by atoms with Crippen LogP contribution in [0.5, 0.6) is 11.5 Å². The highest BCUT2D eigenvalue weighted by atomic mass is 16.5. The third kappa shape index (κ3) is 1.93. The van der Waals surface area contributed by atoms with E-state index in [1.165, 1.54) is 0 Å². The number of aliphatic hydroxyl groups is 1. The summed E-state index contributed by atoms with van der Waals surface area (Å²) in [6.07, 6.45) is 2.65. The number of hydrogen-bond donors (Lipinski definition) is 3.